The molecule has 0 fully saturated rings. The van der Waals surface area contributed by atoms with Crippen molar-refractivity contribution in [3.63, 3.8) is 0 Å². The molecule has 0 aliphatic carbocycles. The Bertz CT molecular complexity index is 550. The second kappa shape index (κ2) is 6.95. The predicted octanol–water partition coefficient (Wildman–Crippen LogP) is 3.36. The lowest BCUT2D eigenvalue weighted by atomic mass is 10.1. The molecule has 1 unspecified atom stereocenters. The number of aromatic nitrogens is 2. The highest BCUT2D eigenvalue weighted by Crippen LogP contribution is 2.32. The molecule has 1 atom stereocenters. The number of hydrogen-bond donors (Lipinski definition) is 1. The number of ether oxygens (including phenoxy) is 1. The molecule has 0 aromatic carbocycles. The van der Waals surface area contributed by atoms with E-state index in [1.54, 1.807) is 13.3 Å². The van der Waals surface area contributed by atoms with E-state index in [9.17, 15) is 0 Å². The summed E-state index contributed by atoms with van der Waals surface area (Å²) in [5.74, 6) is 1.62. The quantitative estimate of drug-likeness (QED) is 0.838. The molecule has 110 valence electrons. The minimum absolute atomic E-state index is 0.0738. The minimum atomic E-state index is -0.0738. The highest BCUT2D eigenvalue weighted by Gasteiger charge is 2.25. The van der Waals surface area contributed by atoms with E-state index in [0.29, 0.717) is 0 Å². The topological polar surface area (TPSA) is 52.2 Å². The first-order valence-corrected chi connectivity index (χ1v) is 7.58. The summed E-state index contributed by atoms with van der Waals surface area (Å²) in [4.78, 5) is 0. The standard InChI is InChI=1S/C14H20BrN3O2/c1-4-8-18-14(11(19-3)9-17-18)13(16-5-2)10-6-7-12(15)20-10/h6-7,9,13,16H,4-5,8H2,1-3H3. The Kier molecular flexibility index (Phi) is 5.25. The summed E-state index contributed by atoms with van der Waals surface area (Å²) in [6.07, 6.45) is 2.77. The third-order valence-electron chi connectivity index (χ3n) is 3.06. The molecule has 0 aliphatic rings. The SMILES string of the molecule is CCCn1ncc(OC)c1C(NCC)c1ccc(Br)o1. The first kappa shape index (κ1) is 15.1. The monoisotopic (exact) mass is 341 g/mol. The van der Waals surface area contributed by atoms with Crippen molar-refractivity contribution >= 4 is 15.9 Å². The predicted molar refractivity (Wildman–Crippen MR) is 81.0 cm³/mol. The minimum Gasteiger partial charge on any atom is -0.493 e. The number of furan rings is 1. The van der Waals surface area contributed by atoms with E-state index in [2.05, 4.69) is 40.2 Å². The van der Waals surface area contributed by atoms with Crippen LogP contribution in [-0.4, -0.2) is 23.4 Å². The number of methoxy groups -OCH3 is 1. The maximum Gasteiger partial charge on any atom is 0.169 e. The lowest BCUT2D eigenvalue weighted by Crippen LogP contribution is -2.25. The first-order chi connectivity index (χ1) is 9.71. The molecule has 0 saturated heterocycles. The zero-order valence-electron chi connectivity index (χ0n) is 12.0. The number of hydrogen-bond acceptors (Lipinski definition) is 4. The Hall–Kier alpha value is -1.27. The average Bonchev–Trinajstić information content (AvgIpc) is 3.03. The van der Waals surface area contributed by atoms with E-state index < -0.39 is 0 Å². The molecule has 5 nitrogen and oxygen atoms in total. The smallest absolute Gasteiger partial charge is 0.169 e. The fourth-order valence-corrected chi connectivity index (χ4v) is 2.55. The van der Waals surface area contributed by atoms with Gasteiger partial charge in [-0.15, -0.1) is 0 Å². The highest BCUT2D eigenvalue weighted by atomic mass is 79.9. The largest absolute Gasteiger partial charge is 0.493 e. The molecule has 2 aromatic heterocycles. The van der Waals surface area contributed by atoms with Gasteiger partial charge in [0.2, 0.25) is 0 Å². The van der Waals surface area contributed by atoms with Crippen LogP contribution in [0.4, 0.5) is 0 Å². The number of aryl methyl sites for hydroxylation is 1. The van der Waals surface area contributed by atoms with Crippen molar-refractivity contribution in [2.75, 3.05) is 13.7 Å². The molecular weight excluding hydrogens is 322 g/mol. The first-order valence-electron chi connectivity index (χ1n) is 6.79. The molecule has 20 heavy (non-hydrogen) atoms. The third kappa shape index (κ3) is 3.07. The van der Waals surface area contributed by atoms with Crippen LogP contribution in [-0.2, 0) is 6.54 Å². The van der Waals surface area contributed by atoms with E-state index >= 15 is 0 Å². The Labute approximate surface area is 127 Å². The van der Waals surface area contributed by atoms with E-state index in [1.165, 1.54) is 0 Å². The van der Waals surface area contributed by atoms with Gasteiger partial charge in [0, 0.05) is 6.54 Å². The maximum atomic E-state index is 5.71. The summed E-state index contributed by atoms with van der Waals surface area (Å²) < 4.78 is 13.9. The highest BCUT2D eigenvalue weighted by molar-refractivity contribution is 9.10. The molecule has 2 heterocycles. The number of nitrogens with zero attached hydrogens (tertiary/aromatic N) is 2. The van der Waals surface area contributed by atoms with Gasteiger partial charge in [0.1, 0.15) is 17.5 Å². The van der Waals surface area contributed by atoms with Crippen LogP contribution in [0.25, 0.3) is 0 Å². The second-order valence-corrected chi connectivity index (χ2v) is 5.24. The lowest BCUT2D eigenvalue weighted by molar-refractivity contribution is 0.379. The van der Waals surface area contributed by atoms with Crippen LogP contribution < -0.4 is 10.1 Å². The zero-order valence-corrected chi connectivity index (χ0v) is 13.6. The van der Waals surface area contributed by atoms with Gasteiger partial charge in [-0.1, -0.05) is 13.8 Å². The molecule has 2 rings (SSSR count). The van der Waals surface area contributed by atoms with Crippen LogP contribution in [0, 0.1) is 0 Å². The normalized spacial score (nSPS) is 12.6. The number of nitrogens with one attached hydrogen (secondary N) is 1. The molecule has 0 saturated carbocycles. The van der Waals surface area contributed by atoms with Gasteiger partial charge in [-0.2, -0.15) is 5.10 Å². The van der Waals surface area contributed by atoms with Crippen LogP contribution in [0.2, 0.25) is 0 Å². The van der Waals surface area contributed by atoms with Crippen molar-refractivity contribution in [2.45, 2.75) is 32.9 Å². The summed E-state index contributed by atoms with van der Waals surface area (Å²) in [5.41, 5.74) is 0.998. The number of rotatable bonds is 7. The Morgan fingerprint density at radius 1 is 1.45 bits per heavy atom. The van der Waals surface area contributed by atoms with Crippen molar-refractivity contribution in [2.24, 2.45) is 0 Å². The van der Waals surface area contributed by atoms with Crippen LogP contribution in [0.1, 0.15) is 37.8 Å². The van der Waals surface area contributed by atoms with Gasteiger partial charge in [0.25, 0.3) is 0 Å². The zero-order chi connectivity index (χ0) is 14.5. The fourth-order valence-electron chi connectivity index (χ4n) is 2.24. The number of halogens is 1. The van der Waals surface area contributed by atoms with E-state index in [4.69, 9.17) is 9.15 Å². The summed E-state index contributed by atoms with van der Waals surface area (Å²) in [5, 5.41) is 7.84. The maximum absolute atomic E-state index is 5.71. The van der Waals surface area contributed by atoms with Crippen LogP contribution in [0.3, 0.4) is 0 Å². The van der Waals surface area contributed by atoms with Gasteiger partial charge < -0.3 is 14.5 Å². The lowest BCUT2D eigenvalue weighted by Gasteiger charge is -2.18. The second-order valence-electron chi connectivity index (χ2n) is 4.45. The Morgan fingerprint density at radius 2 is 2.25 bits per heavy atom. The van der Waals surface area contributed by atoms with E-state index in [0.717, 1.165) is 41.4 Å². The van der Waals surface area contributed by atoms with Crippen molar-refractivity contribution in [3.8, 4) is 5.75 Å². The summed E-state index contributed by atoms with van der Waals surface area (Å²) in [6, 6.07) is 3.78. The summed E-state index contributed by atoms with van der Waals surface area (Å²) in [7, 11) is 1.66. The molecule has 2 aromatic rings. The van der Waals surface area contributed by atoms with E-state index in [-0.39, 0.29) is 6.04 Å². The molecule has 0 aliphatic heterocycles. The van der Waals surface area contributed by atoms with Gasteiger partial charge in [0.05, 0.1) is 13.3 Å². The summed E-state index contributed by atoms with van der Waals surface area (Å²) >= 11 is 3.35. The van der Waals surface area contributed by atoms with Crippen LogP contribution in [0.15, 0.2) is 27.4 Å². The van der Waals surface area contributed by atoms with Crippen molar-refractivity contribution < 1.29 is 9.15 Å². The van der Waals surface area contributed by atoms with Gasteiger partial charge in [-0.05, 0) is 41.0 Å². The molecule has 0 amide bonds. The molecule has 0 bridgehead atoms. The summed E-state index contributed by atoms with van der Waals surface area (Å²) in [6.45, 7) is 5.87. The Morgan fingerprint density at radius 3 is 2.80 bits per heavy atom. The molecule has 6 heteroatoms. The van der Waals surface area contributed by atoms with Crippen molar-refractivity contribution in [1.82, 2.24) is 15.1 Å². The van der Waals surface area contributed by atoms with Crippen LogP contribution >= 0.6 is 15.9 Å². The van der Waals surface area contributed by atoms with Crippen molar-refractivity contribution in [1.29, 1.82) is 0 Å². The van der Waals surface area contributed by atoms with Gasteiger partial charge in [-0.25, -0.2) is 0 Å². The molecule has 0 spiro atoms. The van der Waals surface area contributed by atoms with Crippen molar-refractivity contribution in [3.05, 3.63) is 34.5 Å². The van der Waals surface area contributed by atoms with Crippen LogP contribution in [0.5, 0.6) is 5.75 Å². The van der Waals surface area contributed by atoms with Gasteiger partial charge in [0.15, 0.2) is 10.4 Å². The molecule has 0 radical (unpaired) electrons. The van der Waals surface area contributed by atoms with Gasteiger partial charge in [-0.3, -0.25) is 4.68 Å². The Balaban J connectivity index is 2.44. The van der Waals surface area contributed by atoms with Gasteiger partial charge >= 0.3 is 0 Å². The average molecular weight is 342 g/mol. The third-order valence-corrected chi connectivity index (χ3v) is 3.49. The molecular formula is C14H20BrN3O2. The van der Waals surface area contributed by atoms with E-state index in [1.807, 2.05) is 16.8 Å². The molecule has 1 N–H and O–H groups in total. The fraction of sp³-hybridized carbons (Fsp3) is 0.500.